The van der Waals surface area contributed by atoms with E-state index in [4.69, 9.17) is 0 Å². The fraction of sp³-hybridized carbons (Fsp3) is 0.455. The third-order valence-corrected chi connectivity index (χ3v) is 4.54. The van der Waals surface area contributed by atoms with E-state index in [2.05, 4.69) is 36.1 Å². The standard InChI is InChI=1S/C11H15N3S2/c1-7-9(3)16-11(14-7)5-13-8(2)10-4-12-6-15-10/h4,6,8,13H,5H2,1-3H3. The van der Waals surface area contributed by atoms with E-state index in [-0.39, 0.29) is 0 Å². The van der Waals surface area contributed by atoms with Gasteiger partial charge in [0.2, 0.25) is 0 Å². The van der Waals surface area contributed by atoms with Crippen LogP contribution in [-0.2, 0) is 6.54 Å². The molecule has 0 aliphatic carbocycles. The summed E-state index contributed by atoms with van der Waals surface area (Å²) in [6.45, 7) is 7.16. The second kappa shape index (κ2) is 5.03. The van der Waals surface area contributed by atoms with Gasteiger partial charge in [0.1, 0.15) is 5.01 Å². The summed E-state index contributed by atoms with van der Waals surface area (Å²) in [5.41, 5.74) is 3.01. The van der Waals surface area contributed by atoms with Gasteiger partial charge in [-0.2, -0.15) is 0 Å². The zero-order valence-corrected chi connectivity index (χ0v) is 11.3. The summed E-state index contributed by atoms with van der Waals surface area (Å²) in [5, 5.41) is 4.62. The van der Waals surface area contributed by atoms with E-state index in [1.165, 1.54) is 9.75 Å². The van der Waals surface area contributed by atoms with Crippen molar-refractivity contribution in [3.8, 4) is 0 Å². The lowest BCUT2D eigenvalue weighted by molar-refractivity contribution is 0.580. The molecular weight excluding hydrogens is 238 g/mol. The van der Waals surface area contributed by atoms with Gasteiger partial charge >= 0.3 is 0 Å². The third-order valence-electron chi connectivity index (χ3n) is 2.51. The molecule has 5 heteroatoms. The van der Waals surface area contributed by atoms with E-state index in [1.807, 2.05) is 11.7 Å². The Morgan fingerprint density at radius 2 is 2.25 bits per heavy atom. The molecule has 0 amide bonds. The summed E-state index contributed by atoms with van der Waals surface area (Å²) in [7, 11) is 0. The largest absolute Gasteiger partial charge is 0.303 e. The molecule has 1 N–H and O–H groups in total. The fourth-order valence-corrected chi connectivity index (χ4v) is 2.93. The van der Waals surface area contributed by atoms with Crippen molar-refractivity contribution >= 4 is 22.7 Å². The van der Waals surface area contributed by atoms with Crippen molar-refractivity contribution in [3.05, 3.63) is 32.2 Å². The Hall–Kier alpha value is -0.780. The molecule has 0 saturated carbocycles. The predicted octanol–water partition coefficient (Wildman–Crippen LogP) is 3.07. The van der Waals surface area contributed by atoms with Crippen LogP contribution in [-0.4, -0.2) is 9.97 Å². The molecule has 3 nitrogen and oxygen atoms in total. The second-order valence-electron chi connectivity index (χ2n) is 3.76. The van der Waals surface area contributed by atoms with Crippen LogP contribution in [0.15, 0.2) is 11.7 Å². The molecule has 86 valence electrons. The van der Waals surface area contributed by atoms with E-state index < -0.39 is 0 Å². The highest BCUT2D eigenvalue weighted by molar-refractivity contribution is 7.11. The van der Waals surface area contributed by atoms with Gasteiger partial charge in [-0.15, -0.1) is 22.7 Å². The smallest absolute Gasteiger partial charge is 0.107 e. The van der Waals surface area contributed by atoms with E-state index in [1.54, 1.807) is 22.7 Å². The van der Waals surface area contributed by atoms with Gasteiger partial charge in [-0.3, -0.25) is 4.98 Å². The van der Waals surface area contributed by atoms with Crippen molar-refractivity contribution in [2.75, 3.05) is 0 Å². The van der Waals surface area contributed by atoms with E-state index >= 15 is 0 Å². The van der Waals surface area contributed by atoms with Gasteiger partial charge in [-0.25, -0.2) is 4.98 Å². The molecule has 2 aromatic heterocycles. The SMILES string of the molecule is Cc1nc(CNC(C)c2cncs2)sc1C. The molecule has 0 fully saturated rings. The highest BCUT2D eigenvalue weighted by Crippen LogP contribution is 2.19. The van der Waals surface area contributed by atoms with Crippen LogP contribution in [0.2, 0.25) is 0 Å². The van der Waals surface area contributed by atoms with E-state index in [0.717, 1.165) is 17.2 Å². The monoisotopic (exact) mass is 253 g/mol. The molecule has 0 saturated heterocycles. The van der Waals surface area contributed by atoms with E-state index in [0.29, 0.717) is 6.04 Å². The first-order valence-electron chi connectivity index (χ1n) is 5.21. The van der Waals surface area contributed by atoms with Crippen LogP contribution in [0.5, 0.6) is 0 Å². The summed E-state index contributed by atoms with van der Waals surface area (Å²) in [5.74, 6) is 0. The Labute approximate surface area is 104 Å². The van der Waals surface area contributed by atoms with Crippen LogP contribution >= 0.6 is 22.7 Å². The molecular formula is C11H15N3S2. The molecule has 1 unspecified atom stereocenters. The maximum atomic E-state index is 4.51. The van der Waals surface area contributed by atoms with Crippen molar-refractivity contribution in [1.29, 1.82) is 0 Å². The van der Waals surface area contributed by atoms with Crippen LogP contribution in [0.4, 0.5) is 0 Å². The van der Waals surface area contributed by atoms with Gasteiger partial charge in [-0.1, -0.05) is 0 Å². The zero-order chi connectivity index (χ0) is 11.5. The Morgan fingerprint density at radius 3 is 2.81 bits per heavy atom. The van der Waals surface area contributed by atoms with Gasteiger partial charge in [0, 0.05) is 28.5 Å². The predicted molar refractivity (Wildman–Crippen MR) is 69.0 cm³/mol. The summed E-state index contributed by atoms with van der Waals surface area (Å²) in [6.07, 6.45) is 1.92. The van der Waals surface area contributed by atoms with Crippen LogP contribution in [0.25, 0.3) is 0 Å². The Morgan fingerprint density at radius 1 is 1.44 bits per heavy atom. The highest BCUT2D eigenvalue weighted by atomic mass is 32.1. The molecule has 2 aromatic rings. The van der Waals surface area contributed by atoms with Crippen molar-refractivity contribution in [1.82, 2.24) is 15.3 Å². The lowest BCUT2D eigenvalue weighted by Crippen LogP contribution is -2.16. The number of hydrogen-bond acceptors (Lipinski definition) is 5. The summed E-state index contributed by atoms with van der Waals surface area (Å²) >= 11 is 3.45. The van der Waals surface area contributed by atoms with Crippen LogP contribution in [0, 0.1) is 13.8 Å². The summed E-state index contributed by atoms with van der Waals surface area (Å²) in [4.78, 5) is 11.2. The molecule has 0 radical (unpaired) electrons. The lowest BCUT2D eigenvalue weighted by atomic mass is 10.3. The van der Waals surface area contributed by atoms with Gasteiger partial charge < -0.3 is 5.32 Å². The molecule has 1 atom stereocenters. The van der Waals surface area contributed by atoms with E-state index in [9.17, 15) is 0 Å². The minimum Gasteiger partial charge on any atom is -0.303 e. The fourth-order valence-electron chi connectivity index (χ4n) is 1.40. The molecule has 2 rings (SSSR count). The molecule has 0 bridgehead atoms. The van der Waals surface area contributed by atoms with Crippen molar-refractivity contribution in [2.45, 2.75) is 33.4 Å². The molecule has 16 heavy (non-hydrogen) atoms. The average molecular weight is 253 g/mol. The molecule has 0 spiro atoms. The normalized spacial score (nSPS) is 12.9. The molecule has 0 aliphatic rings. The van der Waals surface area contributed by atoms with Crippen molar-refractivity contribution in [2.24, 2.45) is 0 Å². The van der Waals surface area contributed by atoms with Gasteiger partial charge in [-0.05, 0) is 20.8 Å². The molecule has 2 heterocycles. The quantitative estimate of drug-likeness (QED) is 0.910. The van der Waals surface area contributed by atoms with Crippen molar-refractivity contribution < 1.29 is 0 Å². The maximum Gasteiger partial charge on any atom is 0.107 e. The van der Waals surface area contributed by atoms with Crippen LogP contribution < -0.4 is 5.32 Å². The first kappa shape index (κ1) is 11.7. The number of hydrogen-bond donors (Lipinski definition) is 1. The average Bonchev–Trinajstić information content (AvgIpc) is 2.86. The van der Waals surface area contributed by atoms with Crippen LogP contribution in [0.1, 0.15) is 33.4 Å². The van der Waals surface area contributed by atoms with Gasteiger partial charge in [0.15, 0.2) is 0 Å². The van der Waals surface area contributed by atoms with Crippen LogP contribution in [0.3, 0.4) is 0 Å². The Bertz CT molecular complexity index is 428. The Kier molecular flexibility index (Phi) is 3.68. The Balaban J connectivity index is 1.92. The topological polar surface area (TPSA) is 37.8 Å². The number of rotatable bonds is 4. The minimum atomic E-state index is 0.344. The summed E-state index contributed by atoms with van der Waals surface area (Å²) in [6, 6.07) is 0.344. The molecule has 0 aromatic carbocycles. The maximum absolute atomic E-state index is 4.51. The second-order valence-corrected chi connectivity index (χ2v) is 5.96. The first-order chi connectivity index (χ1) is 7.66. The number of aromatic nitrogens is 2. The number of nitrogens with zero attached hydrogens (tertiary/aromatic N) is 2. The van der Waals surface area contributed by atoms with Crippen molar-refractivity contribution in [3.63, 3.8) is 0 Å². The highest BCUT2D eigenvalue weighted by Gasteiger charge is 2.08. The summed E-state index contributed by atoms with van der Waals surface area (Å²) < 4.78 is 0. The van der Waals surface area contributed by atoms with Gasteiger partial charge in [0.05, 0.1) is 11.2 Å². The minimum absolute atomic E-state index is 0.344. The lowest BCUT2D eigenvalue weighted by Gasteiger charge is -2.09. The molecule has 0 aliphatic heterocycles. The number of nitrogens with one attached hydrogen (secondary N) is 1. The zero-order valence-electron chi connectivity index (χ0n) is 9.65. The number of thiazole rings is 2. The first-order valence-corrected chi connectivity index (χ1v) is 6.91. The number of aryl methyl sites for hydroxylation is 2. The van der Waals surface area contributed by atoms with Gasteiger partial charge in [0.25, 0.3) is 0 Å². The third kappa shape index (κ3) is 2.66.